The van der Waals surface area contributed by atoms with Crippen LogP contribution in [-0.2, 0) is 0 Å². The van der Waals surface area contributed by atoms with Gasteiger partial charge in [0.25, 0.3) is 5.91 Å². The number of rotatable bonds is 4. The van der Waals surface area contributed by atoms with Crippen LogP contribution in [0.5, 0.6) is 11.5 Å². The van der Waals surface area contributed by atoms with Crippen molar-refractivity contribution in [3.05, 3.63) is 23.8 Å². The van der Waals surface area contributed by atoms with Crippen LogP contribution in [0.2, 0.25) is 0 Å². The number of phenols is 1. The van der Waals surface area contributed by atoms with E-state index < -0.39 is 0 Å². The molecule has 0 saturated carbocycles. The first kappa shape index (κ1) is 13.7. The molecule has 0 spiro atoms. The third kappa shape index (κ3) is 2.66. The summed E-state index contributed by atoms with van der Waals surface area (Å²) in [4.78, 5) is 14.3. The standard InChI is InChI=1S/C14H20N2O3/c1-3-16(10-7-8-15-9-10)14(18)11-5-4-6-12(19-2)13(11)17/h4-6,10,15,17H,3,7-9H2,1-2H3. The van der Waals surface area contributed by atoms with Gasteiger partial charge in [-0.05, 0) is 32.0 Å². The van der Waals surface area contributed by atoms with Crippen molar-refractivity contribution in [3.8, 4) is 11.5 Å². The number of nitrogens with one attached hydrogen (secondary N) is 1. The zero-order valence-electron chi connectivity index (χ0n) is 11.3. The van der Waals surface area contributed by atoms with Crippen LogP contribution >= 0.6 is 0 Å². The molecule has 0 bridgehead atoms. The van der Waals surface area contributed by atoms with Crippen molar-refractivity contribution < 1.29 is 14.6 Å². The Morgan fingerprint density at radius 3 is 2.95 bits per heavy atom. The number of hydrogen-bond acceptors (Lipinski definition) is 4. The Balaban J connectivity index is 2.26. The quantitative estimate of drug-likeness (QED) is 0.858. The first-order valence-corrected chi connectivity index (χ1v) is 6.56. The summed E-state index contributed by atoms with van der Waals surface area (Å²) in [6.45, 7) is 4.32. The number of carbonyl (C=O) groups excluding carboxylic acids is 1. The van der Waals surface area contributed by atoms with Gasteiger partial charge in [0.2, 0.25) is 0 Å². The molecular weight excluding hydrogens is 244 g/mol. The summed E-state index contributed by atoms with van der Waals surface area (Å²) in [5, 5.41) is 13.3. The van der Waals surface area contributed by atoms with E-state index in [0.29, 0.717) is 17.9 Å². The molecular formula is C14H20N2O3. The Morgan fingerprint density at radius 2 is 2.37 bits per heavy atom. The van der Waals surface area contributed by atoms with E-state index in [1.807, 2.05) is 6.92 Å². The maximum absolute atomic E-state index is 12.5. The summed E-state index contributed by atoms with van der Waals surface area (Å²) in [7, 11) is 1.47. The fourth-order valence-electron chi connectivity index (χ4n) is 2.49. The molecule has 1 atom stereocenters. The van der Waals surface area contributed by atoms with Crippen LogP contribution in [-0.4, -0.2) is 48.7 Å². The smallest absolute Gasteiger partial charge is 0.258 e. The predicted molar refractivity (Wildman–Crippen MR) is 72.6 cm³/mol. The summed E-state index contributed by atoms with van der Waals surface area (Å²) >= 11 is 0. The van der Waals surface area contributed by atoms with Gasteiger partial charge in [-0.15, -0.1) is 0 Å². The van der Waals surface area contributed by atoms with Crippen molar-refractivity contribution in [2.24, 2.45) is 0 Å². The largest absolute Gasteiger partial charge is 0.504 e. The van der Waals surface area contributed by atoms with Crippen molar-refractivity contribution in [1.29, 1.82) is 0 Å². The van der Waals surface area contributed by atoms with Gasteiger partial charge < -0.3 is 20.1 Å². The first-order chi connectivity index (χ1) is 9.19. The second kappa shape index (κ2) is 5.93. The molecule has 0 aromatic heterocycles. The molecule has 1 heterocycles. The number of likely N-dealkylation sites (N-methyl/N-ethyl adjacent to an activating group) is 1. The molecule has 2 rings (SSSR count). The molecule has 1 aliphatic heterocycles. The van der Waals surface area contributed by atoms with Gasteiger partial charge in [0, 0.05) is 19.1 Å². The van der Waals surface area contributed by atoms with Crippen LogP contribution in [0.15, 0.2) is 18.2 Å². The van der Waals surface area contributed by atoms with E-state index >= 15 is 0 Å². The van der Waals surface area contributed by atoms with Gasteiger partial charge in [0.05, 0.1) is 12.7 Å². The molecule has 1 aromatic carbocycles. The Bertz CT molecular complexity index is 456. The Morgan fingerprint density at radius 1 is 1.58 bits per heavy atom. The second-order valence-corrected chi connectivity index (χ2v) is 4.59. The average molecular weight is 264 g/mol. The van der Waals surface area contributed by atoms with E-state index in [4.69, 9.17) is 4.74 Å². The fourth-order valence-corrected chi connectivity index (χ4v) is 2.49. The van der Waals surface area contributed by atoms with Gasteiger partial charge in [0.1, 0.15) is 0 Å². The van der Waals surface area contributed by atoms with E-state index in [2.05, 4.69) is 5.32 Å². The van der Waals surface area contributed by atoms with Gasteiger partial charge in [0.15, 0.2) is 11.5 Å². The van der Waals surface area contributed by atoms with E-state index in [9.17, 15) is 9.90 Å². The van der Waals surface area contributed by atoms with Crippen molar-refractivity contribution in [2.75, 3.05) is 26.7 Å². The number of phenolic OH excluding ortho intramolecular Hbond substituents is 1. The van der Waals surface area contributed by atoms with Gasteiger partial charge in [-0.3, -0.25) is 4.79 Å². The summed E-state index contributed by atoms with van der Waals surface area (Å²) in [5.74, 6) is 0.0958. The number of aromatic hydroxyl groups is 1. The zero-order valence-corrected chi connectivity index (χ0v) is 11.3. The number of nitrogens with zero attached hydrogens (tertiary/aromatic N) is 1. The number of ether oxygens (including phenoxy) is 1. The molecule has 1 saturated heterocycles. The molecule has 1 aliphatic rings. The maximum Gasteiger partial charge on any atom is 0.258 e. The molecule has 1 amide bonds. The Hall–Kier alpha value is -1.75. The molecule has 0 aliphatic carbocycles. The van der Waals surface area contributed by atoms with E-state index in [1.165, 1.54) is 7.11 Å². The average Bonchev–Trinajstić information content (AvgIpc) is 2.93. The number of methoxy groups -OCH3 is 1. The number of amides is 1. The van der Waals surface area contributed by atoms with E-state index in [-0.39, 0.29) is 17.7 Å². The third-order valence-corrected chi connectivity index (χ3v) is 3.53. The Kier molecular flexibility index (Phi) is 4.27. The lowest BCUT2D eigenvalue weighted by molar-refractivity contribution is 0.0700. The second-order valence-electron chi connectivity index (χ2n) is 4.59. The van der Waals surface area contributed by atoms with Crippen LogP contribution < -0.4 is 10.1 Å². The van der Waals surface area contributed by atoms with Gasteiger partial charge in [-0.1, -0.05) is 6.07 Å². The summed E-state index contributed by atoms with van der Waals surface area (Å²) in [6.07, 6.45) is 0.949. The lowest BCUT2D eigenvalue weighted by Crippen LogP contribution is -2.41. The van der Waals surface area contributed by atoms with Crippen LogP contribution in [0, 0.1) is 0 Å². The van der Waals surface area contributed by atoms with Gasteiger partial charge in [-0.2, -0.15) is 0 Å². The highest BCUT2D eigenvalue weighted by atomic mass is 16.5. The van der Waals surface area contributed by atoms with Crippen LogP contribution in [0.25, 0.3) is 0 Å². The molecule has 2 N–H and O–H groups in total. The minimum Gasteiger partial charge on any atom is -0.504 e. The molecule has 1 fully saturated rings. The molecule has 104 valence electrons. The maximum atomic E-state index is 12.5. The van der Waals surface area contributed by atoms with Gasteiger partial charge in [-0.25, -0.2) is 0 Å². The van der Waals surface area contributed by atoms with Crippen molar-refractivity contribution in [2.45, 2.75) is 19.4 Å². The molecule has 19 heavy (non-hydrogen) atoms. The highest BCUT2D eigenvalue weighted by molar-refractivity contribution is 5.97. The highest BCUT2D eigenvalue weighted by Crippen LogP contribution is 2.30. The summed E-state index contributed by atoms with van der Waals surface area (Å²) in [6, 6.07) is 5.18. The third-order valence-electron chi connectivity index (χ3n) is 3.53. The first-order valence-electron chi connectivity index (χ1n) is 6.56. The zero-order chi connectivity index (χ0) is 13.8. The number of hydrogen-bond donors (Lipinski definition) is 2. The van der Waals surface area contributed by atoms with Crippen LogP contribution in [0.4, 0.5) is 0 Å². The van der Waals surface area contributed by atoms with Crippen molar-refractivity contribution in [3.63, 3.8) is 0 Å². The van der Waals surface area contributed by atoms with Gasteiger partial charge >= 0.3 is 0 Å². The van der Waals surface area contributed by atoms with Crippen LogP contribution in [0.1, 0.15) is 23.7 Å². The Labute approximate surface area is 113 Å². The summed E-state index contributed by atoms with van der Waals surface area (Å²) < 4.78 is 5.04. The number of benzene rings is 1. The normalized spacial score (nSPS) is 18.3. The molecule has 1 unspecified atom stereocenters. The fraction of sp³-hybridized carbons (Fsp3) is 0.500. The number of carbonyl (C=O) groups is 1. The molecule has 0 radical (unpaired) electrons. The molecule has 5 heteroatoms. The van der Waals surface area contributed by atoms with Crippen molar-refractivity contribution in [1.82, 2.24) is 10.2 Å². The lowest BCUT2D eigenvalue weighted by Gasteiger charge is -2.27. The van der Waals surface area contributed by atoms with Crippen LogP contribution in [0.3, 0.4) is 0 Å². The van der Waals surface area contributed by atoms with Crippen molar-refractivity contribution >= 4 is 5.91 Å². The summed E-state index contributed by atoms with van der Waals surface area (Å²) in [5.41, 5.74) is 0.299. The molecule has 5 nitrogen and oxygen atoms in total. The highest BCUT2D eigenvalue weighted by Gasteiger charge is 2.28. The predicted octanol–water partition coefficient (Wildman–Crippen LogP) is 1.22. The lowest BCUT2D eigenvalue weighted by atomic mass is 10.1. The minimum absolute atomic E-state index is 0.0839. The van der Waals surface area contributed by atoms with E-state index in [0.717, 1.165) is 19.5 Å². The topological polar surface area (TPSA) is 61.8 Å². The minimum atomic E-state index is -0.146. The van der Waals surface area contributed by atoms with E-state index in [1.54, 1.807) is 23.1 Å². The SMILES string of the molecule is CCN(C(=O)c1cccc(OC)c1O)C1CCNC1. The monoisotopic (exact) mass is 264 g/mol. The molecule has 1 aromatic rings. The number of para-hydroxylation sites is 1.